The Morgan fingerprint density at radius 2 is 1.25 bits per heavy atom. The molecule has 0 fully saturated rings. The molecule has 9 rings (SSSR count). The van der Waals surface area contributed by atoms with Gasteiger partial charge in [-0.05, 0) is 70.8 Å². The van der Waals surface area contributed by atoms with Crippen molar-refractivity contribution in [3.05, 3.63) is 148 Å². The van der Waals surface area contributed by atoms with Crippen LogP contribution in [0.2, 0.25) is 0 Å². The topological polar surface area (TPSA) is 70.7 Å². The van der Waals surface area contributed by atoms with E-state index in [0.717, 1.165) is 33.5 Å². The van der Waals surface area contributed by atoms with E-state index in [2.05, 4.69) is 112 Å². The highest BCUT2D eigenvalue weighted by Gasteiger charge is 2.18. The number of nitrogens with one attached hydrogen (secondary N) is 2. The van der Waals surface area contributed by atoms with Crippen LogP contribution < -0.4 is 11.2 Å². The Bertz CT molecular complexity index is 2710. The van der Waals surface area contributed by atoms with Crippen molar-refractivity contribution in [3.63, 3.8) is 0 Å². The third kappa shape index (κ3) is 3.71. The maximum atomic E-state index is 12.5. The number of aromatic amines is 2. The molecule has 9 aromatic rings. The maximum Gasteiger partial charge on any atom is 0.326 e. The van der Waals surface area contributed by atoms with Crippen LogP contribution in [0.3, 0.4) is 0 Å². The van der Waals surface area contributed by atoms with Gasteiger partial charge in [0.2, 0.25) is 0 Å². The van der Waals surface area contributed by atoms with E-state index >= 15 is 0 Å². The van der Waals surface area contributed by atoms with Crippen LogP contribution in [0, 0.1) is 0 Å². The predicted octanol–water partition coefficient (Wildman–Crippen LogP) is 9.02. The first-order valence-corrected chi connectivity index (χ1v) is 15.2. The summed E-state index contributed by atoms with van der Waals surface area (Å²) >= 11 is 1.86. The van der Waals surface area contributed by atoms with Gasteiger partial charge < -0.3 is 9.55 Å². The number of fused-ring (bicyclic) bond motifs is 8. The summed E-state index contributed by atoms with van der Waals surface area (Å²) in [5.41, 5.74) is 7.17. The van der Waals surface area contributed by atoms with E-state index < -0.39 is 11.2 Å². The number of nitrogens with zero attached hydrogens (tertiary/aromatic N) is 1. The Kier molecular flexibility index (Phi) is 5.30. The zero-order valence-electron chi connectivity index (χ0n) is 23.3. The number of H-pyrrole nitrogens is 2. The molecule has 0 radical (unpaired) electrons. The van der Waals surface area contributed by atoms with Crippen molar-refractivity contribution in [1.29, 1.82) is 0 Å². The molecule has 0 aliphatic carbocycles. The molecule has 3 aromatic heterocycles. The number of thiophene rings is 1. The van der Waals surface area contributed by atoms with Crippen LogP contribution in [0.4, 0.5) is 0 Å². The molecule has 6 aromatic carbocycles. The lowest BCUT2D eigenvalue weighted by atomic mass is 9.97. The van der Waals surface area contributed by atoms with Gasteiger partial charge in [0, 0.05) is 36.6 Å². The highest BCUT2D eigenvalue weighted by Crippen LogP contribution is 2.44. The molecule has 0 aliphatic heterocycles. The number of para-hydroxylation sites is 1. The van der Waals surface area contributed by atoms with Crippen molar-refractivity contribution in [2.45, 2.75) is 0 Å². The SMILES string of the molecule is O=c1[nH]c(=O)c2cc(-c3cccc(-c4ccc5c6c7sc8ccccc8c7ccc6n(-c6ccccc6)c5c4)c3)ccc2[nH]1. The Hall–Kier alpha value is -5.72. The molecule has 0 amide bonds. The zero-order valence-corrected chi connectivity index (χ0v) is 24.1. The maximum absolute atomic E-state index is 12.5. The first-order valence-electron chi connectivity index (χ1n) is 14.4. The monoisotopic (exact) mass is 585 g/mol. The number of hydrogen-bond donors (Lipinski definition) is 2. The number of benzene rings is 6. The molecule has 0 saturated heterocycles. The van der Waals surface area contributed by atoms with Crippen molar-refractivity contribution in [3.8, 4) is 27.9 Å². The molecular weight excluding hydrogens is 563 g/mol. The van der Waals surface area contributed by atoms with Crippen molar-refractivity contribution in [2.24, 2.45) is 0 Å². The summed E-state index contributed by atoms with van der Waals surface area (Å²) in [7, 11) is 0. The van der Waals surface area contributed by atoms with Crippen LogP contribution in [0.1, 0.15) is 0 Å². The summed E-state index contributed by atoms with van der Waals surface area (Å²) in [6.07, 6.45) is 0. The van der Waals surface area contributed by atoms with Gasteiger partial charge in [-0.2, -0.15) is 0 Å². The molecule has 0 atom stereocenters. The molecule has 0 spiro atoms. The summed E-state index contributed by atoms with van der Waals surface area (Å²) in [4.78, 5) is 29.2. The van der Waals surface area contributed by atoms with Gasteiger partial charge in [-0.3, -0.25) is 9.78 Å². The third-order valence-electron chi connectivity index (χ3n) is 8.56. The Balaban J connectivity index is 1.27. The fourth-order valence-corrected chi connectivity index (χ4v) is 7.80. The minimum Gasteiger partial charge on any atom is -0.309 e. The second-order valence-corrected chi connectivity index (χ2v) is 12.1. The number of hydrogen-bond acceptors (Lipinski definition) is 3. The summed E-state index contributed by atoms with van der Waals surface area (Å²) in [5.74, 6) is 0. The summed E-state index contributed by atoms with van der Waals surface area (Å²) in [5, 5.41) is 5.55. The Morgan fingerprint density at radius 1 is 0.523 bits per heavy atom. The van der Waals surface area contributed by atoms with E-state index in [-0.39, 0.29) is 0 Å². The lowest BCUT2D eigenvalue weighted by Gasteiger charge is -2.10. The number of rotatable bonds is 3. The quantitative estimate of drug-likeness (QED) is 0.217. The van der Waals surface area contributed by atoms with E-state index in [1.165, 1.54) is 36.5 Å². The van der Waals surface area contributed by atoms with Crippen LogP contribution in [0.15, 0.2) is 137 Å². The van der Waals surface area contributed by atoms with Gasteiger partial charge in [-0.25, -0.2) is 4.79 Å². The van der Waals surface area contributed by atoms with Gasteiger partial charge in [-0.15, -0.1) is 11.3 Å². The first kappa shape index (κ1) is 24.8. The van der Waals surface area contributed by atoms with E-state index in [9.17, 15) is 9.59 Å². The van der Waals surface area contributed by atoms with E-state index in [1.807, 2.05) is 35.6 Å². The van der Waals surface area contributed by atoms with Crippen molar-refractivity contribution in [2.75, 3.05) is 0 Å². The Morgan fingerprint density at radius 3 is 2.11 bits per heavy atom. The molecular formula is C38H23N3O2S. The summed E-state index contributed by atoms with van der Waals surface area (Å²) < 4.78 is 4.98. The molecule has 3 heterocycles. The van der Waals surface area contributed by atoms with Crippen molar-refractivity contribution < 1.29 is 0 Å². The summed E-state index contributed by atoms with van der Waals surface area (Å²) in [6, 6.07) is 44.4. The molecule has 6 heteroatoms. The van der Waals surface area contributed by atoms with Gasteiger partial charge in [0.25, 0.3) is 5.56 Å². The first-order chi connectivity index (χ1) is 21.6. The van der Waals surface area contributed by atoms with Gasteiger partial charge in [-0.1, -0.05) is 78.9 Å². The summed E-state index contributed by atoms with van der Waals surface area (Å²) in [6.45, 7) is 0. The van der Waals surface area contributed by atoms with Crippen LogP contribution >= 0.6 is 11.3 Å². The van der Waals surface area contributed by atoms with E-state index in [4.69, 9.17) is 0 Å². The lowest BCUT2D eigenvalue weighted by molar-refractivity contribution is 1.08. The number of aromatic nitrogens is 3. The minimum absolute atomic E-state index is 0.395. The largest absolute Gasteiger partial charge is 0.326 e. The average Bonchev–Trinajstić information content (AvgIpc) is 3.60. The van der Waals surface area contributed by atoms with Gasteiger partial charge in [0.05, 0.1) is 21.9 Å². The molecule has 5 nitrogen and oxygen atoms in total. The smallest absolute Gasteiger partial charge is 0.309 e. The molecule has 44 heavy (non-hydrogen) atoms. The third-order valence-corrected chi connectivity index (χ3v) is 9.76. The standard InChI is InChI=1S/C38H23N3O2S/c42-37-30-20-24(14-17-31(30)39-38(43)40-37)22-7-6-8-23(19-22)25-13-15-29-33(21-25)41(26-9-2-1-3-10-26)32-18-16-28-27-11-4-5-12-34(27)44-36(28)35(29)32/h1-21H,(H2,39,40,42,43). The van der Waals surface area contributed by atoms with E-state index in [0.29, 0.717) is 10.9 Å². The highest BCUT2D eigenvalue weighted by molar-refractivity contribution is 7.26. The predicted molar refractivity (Wildman–Crippen MR) is 183 cm³/mol. The van der Waals surface area contributed by atoms with Gasteiger partial charge in [0.1, 0.15) is 0 Å². The minimum atomic E-state index is -0.506. The van der Waals surface area contributed by atoms with Gasteiger partial charge in [0.15, 0.2) is 0 Å². The highest BCUT2D eigenvalue weighted by atomic mass is 32.1. The molecule has 0 bridgehead atoms. The fourth-order valence-electron chi connectivity index (χ4n) is 6.54. The van der Waals surface area contributed by atoms with Crippen LogP contribution in [0.5, 0.6) is 0 Å². The molecule has 0 saturated carbocycles. The normalized spacial score (nSPS) is 11.8. The molecule has 0 aliphatic rings. The van der Waals surface area contributed by atoms with Crippen LogP contribution in [0.25, 0.3) is 80.8 Å². The van der Waals surface area contributed by atoms with Crippen molar-refractivity contribution in [1.82, 2.24) is 14.5 Å². The Labute approximate surface area is 254 Å². The zero-order chi connectivity index (χ0) is 29.4. The second-order valence-electron chi connectivity index (χ2n) is 11.1. The molecule has 208 valence electrons. The molecule has 0 unspecified atom stereocenters. The molecule has 2 N–H and O–H groups in total. The fraction of sp³-hybridized carbons (Fsp3) is 0. The van der Waals surface area contributed by atoms with E-state index in [1.54, 1.807) is 6.07 Å². The average molecular weight is 586 g/mol. The second kappa shape index (κ2) is 9.39. The van der Waals surface area contributed by atoms with Crippen LogP contribution in [-0.4, -0.2) is 14.5 Å². The van der Waals surface area contributed by atoms with Gasteiger partial charge >= 0.3 is 5.69 Å². The van der Waals surface area contributed by atoms with Crippen LogP contribution in [-0.2, 0) is 0 Å². The lowest BCUT2D eigenvalue weighted by Crippen LogP contribution is -2.21. The van der Waals surface area contributed by atoms with Crippen molar-refractivity contribution >= 4 is 64.2 Å².